The highest BCUT2D eigenvalue weighted by Gasteiger charge is 2.15. The van der Waals surface area contributed by atoms with Crippen LogP contribution in [0.3, 0.4) is 0 Å². The van der Waals surface area contributed by atoms with E-state index in [1.165, 1.54) is 6.42 Å². The van der Waals surface area contributed by atoms with E-state index in [1.54, 1.807) is 0 Å². The smallest absolute Gasteiger partial charge is 0.189 e. The van der Waals surface area contributed by atoms with Gasteiger partial charge in [-0.05, 0) is 25.3 Å². The molecular formula is C13H19NO3. The van der Waals surface area contributed by atoms with Crippen LogP contribution in [-0.4, -0.2) is 36.3 Å². The lowest BCUT2D eigenvalue weighted by molar-refractivity contribution is -0.0370. The van der Waals surface area contributed by atoms with Crippen LogP contribution in [0.1, 0.15) is 29.6 Å². The Bertz CT molecular complexity index is 366. The van der Waals surface area contributed by atoms with Crippen LogP contribution >= 0.6 is 0 Å². The molecule has 2 rings (SSSR count). The lowest BCUT2D eigenvalue weighted by Gasteiger charge is -2.22. The molecular weight excluding hydrogens is 218 g/mol. The molecule has 2 heterocycles. The van der Waals surface area contributed by atoms with E-state index in [9.17, 15) is 4.79 Å². The average molecular weight is 237 g/mol. The summed E-state index contributed by atoms with van der Waals surface area (Å²) >= 11 is 0. The SMILES string of the molecule is Cn1ccc(C(=O)COCC2CCCCO2)c1. The molecule has 0 aromatic carbocycles. The van der Waals surface area contributed by atoms with Crippen molar-refractivity contribution in [2.45, 2.75) is 25.4 Å². The van der Waals surface area contributed by atoms with Crippen molar-refractivity contribution in [2.75, 3.05) is 19.8 Å². The highest BCUT2D eigenvalue weighted by atomic mass is 16.5. The summed E-state index contributed by atoms with van der Waals surface area (Å²) in [5.74, 6) is 0.0291. The Morgan fingerprint density at radius 2 is 2.47 bits per heavy atom. The minimum Gasteiger partial charge on any atom is -0.376 e. The zero-order chi connectivity index (χ0) is 12.1. The van der Waals surface area contributed by atoms with Crippen molar-refractivity contribution in [3.63, 3.8) is 0 Å². The number of hydrogen-bond donors (Lipinski definition) is 0. The summed E-state index contributed by atoms with van der Waals surface area (Å²) in [6, 6.07) is 1.81. The number of Topliss-reactive ketones (excluding diaryl/α,β-unsaturated/α-hetero) is 1. The Kier molecular flexibility index (Phi) is 4.34. The van der Waals surface area contributed by atoms with Crippen LogP contribution in [0, 0.1) is 0 Å². The maximum Gasteiger partial charge on any atom is 0.189 e. The number of aryl methyl sites for hydroxylation is 1. The molecule has 0 saturated carbocycles. The van der Waals surface area contributed by atoms with Crippen LogP contribution in [0.5, 0.6) is 0 Å². The molecule has 4 heteroatoms. The van der Waals surface area contributed by atoms with Gasteiger partial charge in [-0.15, -0.1) is 0 Å². The largest absolute Gasteiger partial charge is 0.376 e. The van der Waals surface area contributed by atoms with Gasteiger partial charge >= 0.3 is 0 Å². The Hall–Kier alpha value is -1.13. The van der Waals surface area contributed by atoms with Crippen molar-refractivity contribution in [1.29, 1.82) is 0 Å². The van der Waals surface area contributed by atoms with E-state index in [-0.39, 0.29) is 18.5 Å². The van der Waals surface area contributed by atoms with Crippen molar-refractivity contribution in [3.8, 4) is 0 Å². The first-order valence-corrected chi connectivity index (χ1v) is 6.10. The quantitative estimate of drug-likeness (QED) is 0.733. The number of nitrogens with zero attached hydrogens (tertiary/aromatic N) is 1. The first kappa shape index (κ1) is 12.3. The molecule has 1 unspecified atom stereocenters. The third-order valence-corrected chi connectivity index (χ3v) is 2.96. The van der Waals surface area contributed by atoms with Crippen molar-refractivity contribution < 1.29 is 14.3 Å². The number of rotatable bonds is 5. The van der Waals surface area contributed by atoms with E-state index >= 15 is 0 Å². The minimum absolute atomic E-state index is 0.0291. The van der Waals surface area contributed by atoms with E-state index in [1.807, 2.05) is 30.1 Å². The highest BCUT2D eigenvalue weighted by molar-refractivity contribution is 5.96. The third kappa shape index (κ3) is 3.68. The highest BCUT2D eigenvalue weighted by Crippen LogP contribution is 2.12. The zero-order valence-corrected chi connectivity index (χ0v) is 10.2. The molecule has 1 fully saturated rings. The first-order valence-electron chi connectivity index (χ1n) is 6.10. The molecule has 0 N–H and O–H groups in total. The number of ether oxygens (including phenoxy) is 2. The van der Waals surface area contributed by atoms with Gasteiger partial charge in [-0.1, -0.05) is 0 Å². The van der Waals surface area contributed by atoms with Gasteiger partial charge in [0.15, 0.2) is 5.78 Å². The molecule has 17 heavy (non-hydrogen) atoms. The number of hydrogen-bond acceptors (Lipinski definition) is 3. The van der Waals surface area contributed by atoms with Crippen LogP contribution < -0.4 is 0 Å². The van der Waals surface area contributed by atoms with E-state index in [4.69, 9.17) is 9.47 Å². The molecule has 94 valence electrons. The average Bonchev–Trinajstić information content (AvgIpc) is 2.77. The van der Waals surface area contributed by atoms with Gasteiger partial charge in [0.25, 0.3) is 0 Å². The van der Waals surface area contributed by atoms with Crippen molar-refractivity contribution in [3.05, 3.63) is 24.0 Å². The standard InChI is InChI=1S/C13H19NO3/c1-14-6-5-11(8-14)13(15)10-16-9-12-4-2-3-7-17-12/h5-6,8,12H,2-4,7,9-10H2,1H3. The van der Waals surface area contributed by atoms with Crippen LogP contribution in [0.2, 0.25) is 0 Å². The number of ketones is 1. The monoisotopic (exact) mass is 237 g/mol. The summed E-state index contributed by atoms with van der Waals surface area (Å²) < 4.78 is 12.8. The van der Waals surface area contributed by atoms with Gasteiger partial charge in [0, 0.05) is 31.6 Å². The fraction of sp³-hybridized carbons (Fsp3) is 0.615. The molecule has 0 radical (unpaired) electrons. The van der Waals surface area contributed by atoms with Crippen LogP contribution in [0.4, 0.5) is 0 Å². The van der Waals surface area contributed by atoms with Gasteiger partial charge in [0.05, 0.1) is 12.7 Å². The zero-order valence-electron chi connectivity index (χ0n) is 10.2. The fourth-order valence-electron chi connectivity index (χ4n) is 1.97. The van der Waals surface area contributed by atoms with Gasteiger partial charge < -0.3 is 14.0 Å². The van der Waals surface area contributed by atoms with Crippen LogP contribution in [0.25, 0.3) is 0 Å². The molecule has 0 spiro atoms. The van der Waals surface area contributed by atoms with Crippen LogP contribution in [0.15, 0.2) is 18.5 Å². The van der Waals surface area contributed by atoms with Crippen LogP contribution in [-0.2, 0) is 16.5 Å². The summed E-state index contributed by atoms with van der Waals surface area (Å²) in [7, 11) is 1.90. The second-order valence-electron chi connectivity index (χ2n) is 4.49. The van der Waals surface area contributed by atoms with Gasteiger partial charge in [-0.2, -0.15) is 0 Å². The van der Waals surface area contributed by atoms with Crippen molar-refractivity contribution >= 4 is 5.78 Å². The Morgan fingerprint density at radius 1 is 1.59 bits per heavy atom. The van der Waals surface area contributed by atoms with Gasteiger partial charge in [-0.3, -0.25) is 4.79 Å². The van der Waals surface area contributed by atoms with E-state index < -0.39 is 0 Å². The number of carbonyl (C=O) groups excluding carboxylic acids is 1. The summed E-state index contributed by atoms with van der Waals surface area (Å²) in [4.78, 5) is 11.7. The van der Waals surface area contributed by atoms with Crippen molar-refractivity contribution in [1.82, 2.24) is 4.57 Å². The summed E-state index contributed by atoms with van der Waals surface area (Å²) in [5, 5.41) is 0. The Morgan fingerprint density at radius 3 is 3.12 bits per heavy atom. The van der Waals surface area contributed by atoms with Gasteiger partial charge in [0.2, 0.25) is 0 Å². The molecule has 0 amide bonds. The second-order valence-corrected chi connectivity index (χ2v) is 4.49. The Labute approximate surface area is 102 Å². The second kappa shape index (κ2) is 5.98. The van der Waals surface area contributed by atoms with Gasteiger partial charge in [0.1, 0.15) is 6.61 Å². The number of aromatic nitrogens is 1. The minimum atomic E-state index is 0.0291. The van der Waals surface area contributed by atoms with Crippen molar-refractivity contribution in [2.24, 2.45) is 7.05 Å². The van der Waals surface area contributed by atoms with Gasteiger partial charge in [-0.25, -0.2) is 0 Å². The topological polar surface area (TPSA) is 40.5 Å². The van der Waals surface area contributed by atoms with E-state index in [0.29, 0.717) is 12.2 Å². The molecule has 4 nitrogen and oxygen atoms in total. The maximum atomic E-state index is 11.7. The molecule has 1 aliphatic rings. The van der Waals surface area contributed by atoms with E-state index in [0.717, 1.165) is 19.4 Å². The molecule has 1 aliphatic heterocycles. The number of carbonyl (C=O) groups is 1. The lowest BCUT2D eigenvalue weighted by atomic mass is 10.1. The predicted molar refractivity (Wildman–Crippen MR) is 64.2 cm³/mol. The molecule has 0 bridgehead atoms. The molecule has 1 aromatic rings. The Balaban J connectivity index is 1.69. The molecule has 0 aliphatic carbocycles. The predicted octanol–water partition coefficient (Wildman–Crippen LogP) is 1.79. The maximum absolute atomic E-state index is 11.7. The third-order valence-electron chi connectivity index (χ3n) is 2.96. The fourth-order valence-corrected chi connectivity index (χ4v) is 1.97. The lowest BCUT2D eigenvalue weighted by Crippen LogP contribution is -2.25. The summed E-state index contributed by atoms with van der Waals surface area (Å²) in [5.41, 5.74) is 0.706. The molecule has 1 saturated heterocycles. The van der Waals surface area contributed by atoms with E-state index in [2.05, 4.69) is 0 Å². The molecule has 1 atom stereocenters. The summed E-state index contributed by atoms with van der Waals surface area (Å²) in [6.45, 7) is 1.49. The summed E-state index contributed by atoms with van der Waals surface area (Å²) in [6.07, 6.45) is 7.22. The first-order chi connectivity index (χ1) is 8.25. The molecule has 1 aromatic heterocycles. The normalized spacial score (nSPS) is 20.4.